The molecule has 2 aliphatic rings. The van der Waals surface area contributed by atoms with Gasteiger partial charge < -0.3 is 14.9 Å². The minimum absolute atomic E-state index is 0.331. The predicted octanol–water partition coefficient (Wildman–Crippen LogP) is 1.81. The van der Waals surface area contributed by atoms with E-state index in [1.54, 1.807) is 0 Å². The molecule has 0 saturated carbocycles. The van der Waals surface area contributed by atoms with Crippen LogP contribution in [-0.2, 0) is 4.79 Å². The first-order valence-electron chi connectivity index (χ1n) is 7.99. The second-order valence-corrected chi connectivity index (χ2v) is 6.15. The van der Waals surface area contributed by atoms with Crippen molar-refractivity contribution in [2.24, 2.45) is 0 Å². The van der Waals surface area contributed by atoms with E-state index in [0.29, 0.717) is 18.5 Å². The van der Waals surface area contributed by atoms with Gasteiger partial charge in [-0.05, 0) is 24.8 Å². The Balaban J connectivity index is 1.48. The van der Waals surface area contributed by atoms with Gasteiger partial charge in [-0.3, -0.25) is 4.79 Å². The van der Waals surface area contributed by atoms with Crippen LogP contribution in [-0.4, -0.2) is 53.0 Å². The molecule has 0 aromatic heterocycles. The molecule has 2 aliphatic heterocycles. The van der Waals surface area contributed by atoms with Crippen molar-refractivity contribution in [3.63, 3.8) is 0 Å². The molecule has 2 fully saturated rings. The van der Waals surface area contributed by atoms with Gasteiger partial charge in [-0.25, -0.2) is 0 Å². The molecule has 1 aromatic rings. The quantitative estimate of drug-likeness (QED) is 0.919. The zero-order valence-electron chi connectivity index (χ0n) is 12.4. The number of nitrogens with zero attached hydrogens (tertiary/aromatic N) is 2. The first-order valence-corrected chi connectivity index (χ1v) is 7.99. The van der Waals surface area contributed by atoms with Crippen molar-refractivity contribution in [3.05, 3.63) is 35.9 Å². The highest BCUT2D eigenvalue weighted by atomic mass is 16.3. The van der Waals surface area contributed by atoms with E-state index < -0.39 is 6.10 Å². The molecular formula is C17H24N2O2. The maximum Gasteiger partial charge on any atom is 0.222 e. The van der Waals surface area contributed by atoms with Crippen LogP contribution in [0.1, 0.15) is 37.4 Å². The predicted molar refractivity (Wildman–Crippen MR) is 81.8 cm³/mol. The number of hydrogen-bond donors (Lipinski definition) is 1. The van der Waals surface area contributed by atoms with Crippen molar-refractivity contribution in [2.75, 3.05) is 26.2 Å². The van der Waals surface area contributed by atoms with Gasteiger partial charge in [0.15, 0.2) is 0 Å². The van der Waals surface area contributed by atoms with Gasteiger partial charge in [-0.15, -0.1) is 0 Å². The van der Waals surface area contributed by atoms with Gasteiger partial charge in [-0.2, -0.15) is 0 Å². The molecule has 3 rings (SSSR count). The van der Waals surface area contributed by atoms with E-state index >= 15 is 0 Å². The SMILES string of the molecule is O=C1CCCN1C1CCN(CC(O)c2ccccc2)CC1. The highest BCUT2D eigenvalue weighted by Crippen LogP contribution is 2.23. The molecule has 0 radical (unpaired) electrons. The van der Waals surface area contributed by atoms with Gasteiger partial charge in [0.1, 0.15) is 0 Å². The molecule has 21 heavy (non-hydrogen) atoms. The van der Waals surface area contributed by atoms with Gasteiger partial charge in [0, 0.05) is 38.6 Å². The van der Waals surface area contributed by atoms with Gasteiger partial charge in [0.25, 0.3) is 0 Å². The van der Waals surface area contributed by atoms with Crippen molar-refractivity contribution in [1.82, 2.24) is 9.80 Å². The van der Waals surface area contributed by atoms with Crippen LogP contribution in [0.15, 0.2) is 30.3 Å². The summed E-state index contributed by atoms with van der Waals surface area (Å²) in [7, 11) is 0. The maximum atomic E-state index is 11.8. The number of amides is 1. The number of carbonyl (C=O) groups excluding carboxylic acids is 1. The number of benzene rings is 1. The highest BCUT2D eigenvalue weighted by molar-refractivity contribution is 5.78. The van der Waals surface area contributed by atoms with E-state index in [0.717, 1.165) is 50.9 Å². The summed E-state index contributed by atoms with van der Waals surface area (Å²) in [5.41, 5.74) is 0.981. The summed E-state index contributed by atoms with van der Waals surface area (Å²) in [6, 6.07) is 10.3. The van der Waals surface area contributed by atoms with Crippen LogP contribution in [0.4, 0.5) is 0 Å². The molecule has 1 atom stereocenters. The lowest BCUT2D eigenvalue weighted by atomic mass is 10.0. The molecule has 114 valence electrons. The van der Waals surface area contributed by atoms with E-state index in [9.17, 15) is 9.90 Å². The fourth-order valence-electron chi connectivity index (χ4n) is 3.49. The number of aliphatic hydroxyl groups excluding tert-OH is 1. The molecule has 0 spiro atoms. The largest absolute Gasteiger partial charge is 0.387 e. The summed E-state index contributed by atoms with van der Waals surface area (Å²) in [4.78, 5) is 16.2. The minimum Gasteiger partial charge on any atom is -0.387 e. The molecule has 1 aromatic carbocycles. The Hall–Kier alpha value is -1.39. The van der Waals surface area contributed by atoms with Crippen molar-refractivity contribution < 1.29 is 9.90 Å². The van der Waals surface area contributed by atoms with Crippen molar-refractivity contribution in [3.8, 4) is 0 Å². The third-order valence-electron chi connectivity index (χ3n) is 4.72. The average molecular weight is 288 g/mol. The number of piperidine rings is 1. The summed E-state index contributed by atoms with van der Waals surface area (Å²) >= 11 is 0. The summed E-state index contributed by atoms with van der Waals surface area (Å²) in [5, 5.41) is 10.3. The Labute approximate surface area is 126 Å². The second kappa shape index (κ2) is 6.58. The van der Waals surface area contributed by atoms with Crippen molar-refractivity contribution in [2.45, 2.75) is 37.8 Å². The Morgan fingerprint density at radius 3 is 2.48 bits per heavy atom. The minimum atomic E-state index is -0.420. The van der Waals surface area contributed by atoms with Crippen molar-refractivity contribution >= 4 is 5.91 Å². The van der Waals surface area contributed by atoms with Gasteiger partial charge in [0.2, 0.25) is 5.91 Å². The number of aliphatic hydroxyl groups is 1. The molecule has 0 bridgehead atoms. The number of carbonyl (C=O) groups is 1. The summed E-state index contributed by atoms with van der Waals surface area (Å²) in [5.74, 6) is 0.331. The lowest BCUT2D eigenvalue weighted by Gasteiger charge is -2.37. The fourth-order valence-corrected chi connectivity index (χ4v) is 3.49. The number of likely N-dealkylation sites (tertiary alicyclic amines) is 2. The van der Waals surface area contributed by atoms with E-state index in [2.05, 4.69) is 9.80 Å². The van der Waals surface area contributed by atoms with Crippen LogP contribution in [0.2, 0.25) is 0 Å². The molecule has 2 saturated heterocycles. The highest BCUT2D eigenvalue weighted by Gasteiger charge is 2.31. The first kappa shape index (κ1) is 14.5. The maximum absolute atomic E-state index is 11.8. The molecule has 1 amide bonds. The van der Waals surface area contributed by atoms with E-state index in [1.165, 1.54) is 0 Å². The third-order valence-corrected chi connectivity index (χ3v) is 4.72. The Bertz CT molecular complexity index is 469. The lowest BCUT2D eigenvalue weighted by Crippen LogP contribution is -2.46. The molecule has 1 N–H and O–H groups in total. The normalized spacial score (nSPS) is 22.7. The van der Waals surface area contributed by atoms with Crippen molar-refractivity contribution in [1.29, 1.82) is 0 Å². The van der Waals surface area contributed by atoms with E-state index in [4.69, 9.17) is 0 Å². The number of β-amino-alcohol motifs (C(OH)–C–C–N with tert-alkyl or cyclic N) is 1. The van der Waals surface area contributed by atoms with Crippen LogP contribution < -0.4 is 0 Å². The molecule has 4 nitrogen and oxygen atoms in total. The smallest absolute Gasteiger partial charge is 0.222 e. The zero-order chi connectivity index (χ0) is 14.7. The topological polar surface area (TPSA) is 43.8 Å². The molecule has 0 aliphatic carbocycles. The van der Waals surface area contributed by atoms with Crippen LogP contribution >= 0.6 is 0 Å². The van der Waals surface area contributed by atoms with Crippen LogP contribution in [0.3, 0.4) is 0 Å². The molecular weight excluding hydrogens is 264 g/mol. The third kappa shape index (κ3) is 3.44. The second-order valence-electron chi connectivity index (χ2n) is 6.15. The average Bonchev–Trinajstić information content (AvgIpc) is 2.95. The summed E-state index contributed by atoms with van der Waals surface area (Å²) in [6.07, 6.45) is 3.40. The van der Waals surface area contributed by atoms with Crippen LogP contribution in [0.5, 0.6) is 0 Å². The fraction of sp³-hybridized carbons (Fsp3) is 0.588. The monoisotopic (exact) mass is 288 g/mol. The van der Waals surface area contributed by atoms with Gasteiger partial charge in [0.05, 0.1) is 6.10 Å². The number of rotatable bonds is 4. The first-order chi connectivity index (χ1) is 10.2. The summed E-state index contributed by atoms with van der Waals surface area (Å²) in [6.45, 7) is 3.57. The molecule has 1 unspecified atom stereocenters. The Morgan fingerprint density at radius 1 is 1.14 bits per heavy atom. The lowest BCUT2D eigenvalue weighted by molar-refractivity contribution is -0.130. The van der Waals surface area contributed by atoms with E-state index in [-0.39, 0.29) is 0 Å². The Kier molecular flexibility index (Phi) is 4.56. The Morgan fingerprint density at radius 2 is 1.86 bits per heavy atom. The van der Waals surface area contributed by atoms with E-state index in [1.807, 2.05) is 30.3 Å². The van der Waals surface area contributed by atoms with Gasteiger partial charge in [-0.1, -0.05) is 30.3 Å². The molecule has 2 heterocycles. The van der Waals surface area contributed by atoms with Gasteiger partial charge >= 0.3 is 0 Å². The molecule has 4 heteroatoms. The summed E-state index contributed by atoms with van der Waals surface area (Å²) < 4.78 is 0. The number of hydrogen-bond acceptors (Lipinski definition) is 3. The standard InChI is InChI=1S/C17H24N2O2/c20-16(14-5-2-1-3-6-14)13-18-11-8-15(9-12-18)19-10-4-7-17(19)21/h1-3,5-6,15-16,20H,4,7-13H2. The van der Waals surface area contributed by atoms with Crippen LogP contribution in [0, 0.1) is 0 Å². The zero-order valence-corrected chi connectivity index (χ0v) is 12.4. The van der Waals surface area contributed by atoms with Crippen LogP contribution in [0.25, 0.3) is 0 Å².